The Kier molecular flexibility index (Phi) is 4.76. The van der Waals surface area contributed by atoms with Crippen molar-refractivity contribution in [2.75, 3.05) is 0 Å². The molecule has 0 aliphatic carbocycles. The summed E-state index contributed by atoms with van der Waals surface area (Å²) in [6.07, 6.45) is 2.67. The van der Waals surface area contributed by atoms with Gasteiger partial charge < -0.3 is 10.6 Å². The van der Waals surface area contributed by atoms with Crippen LogP contribution < -0.4 is 10.6 Å². The molecule has 16 heavy (non-hydrogen) atoms. The van der Waals surface area contributed by atoms with E-state index in [4.69, 9.17) is 0 Å². The number of amides is 2. The molecule has 0 atom stereocenters. The fourth-order valence-corrected chi connectivity index (χ4v) is 1.43. The highest BCUT2D eigenvalue weighted by atomic mass is 16.2. The van der Waals surface area contributed by atoms with E-state index in [0.717, 1.165) is 12.1 Å². The molecule has 0 spiro atoms. The first-order valence-corrected chi connectivity index (χ1v) is 5.60. The second kappa shape index (κ2) is 6.10. The fourth-order valence-electron chi connectivity index (χ4n) is 1.43. The summed E-state index contributed by atoms with van der Waals surface area (Å²) in [7, 11) is 0. The van der Waals surface area contributed by atoms with Crippen molar-refractivity contribution in [1.82, 2.24) is 15.6 Å². The molecule has 0 saturated heterocycles. The van der Waals surface area contributed by atoms with Gasteiger partial charge in [0.2, 0.25) is 0 Å². The van der Waals surface area contributed by atoms with E-state index in [1.54, 1.807) is 6.20 Å². The van der Waals surface area contributed by atoms with Crippen molar-refractivity contribution in [3.63, 3.8) is 0 Å². The van der Waals surface area contributed by atoms with Crippen molar-refractivity contribution in [2.45, 2.75) is 39.8 Å². The Hall–Kier alpha value is -1.58. The number of nitrogens with one attached hydrogen (secondary N) is 2. The van der Waals surface area contributed by atoms with Gasteiger partial charge in [0.25, 0.3) is 0 Å². The molecule has 0 aliphatic heterocycles. The number of aromatic nitrogens is 1. The second-order valence-corrected chi connectivity index (χ2v) is 3.94. The minimum Gasteiger partial charge on any atom is -0.336 e. The van der Waals surface area contributed by atoms with Gasteiger partial charge >= 0.3 is 6.03 Å². The van der Waals surface area contributed by atoms with Crippen LogP contribution in [0, 0.1) is 0 Å². The lowest BCUT2D eigenvalue weighted by atomic mass is 10.1. The maximum Gasteiger partial charge on any atom is 0.315 e. The van der Waals surface area contributed by atoms with Crippen LogP contribution in [0.3, 0.4) is 0 Å². The number of hydrogen-bond acceptors (Lipinski definition) is 2. The number of carbonyl (C=O) groups excluding carboxylic acids is 1. The van der Waals surface area contributed by atoms with Gasteiger partial charge in [0.1, 0.15) is 0 Å². The molecule has 1 aromatic heterocycles. The molecule has 1 rings (SSSR count). The number of urea groups is 1. The summed E-state index contributed by atoms with van der Waals surface area (Å²) >= 11 is 0. The van der Waals surface area contributed by atoms with Crippen molar-refractivity contribution in [1.29, 1.82) is 0 Å². The Morgan fingerprint density at radius 2 is 2.25 bits per heavy atom. The molecule has 2 N–H and O–H groups in total. The summed E-state index contributed by atoms with van der Waals surface area (Å²) in [6.45, 7) is 6.41. The second-order valence-electron chi connectivity index (χ2n) is 3.94. The van der Waals surface area contributed by atoms with Gasteiger partial charge in [-0.25, -0.2) is 4.79 Å². The van der Waals surface area contributed by atoms with Crippen molar-refractivity contribution >= 4 is 6.03 Å². The number of aryl methyl sites for hydroxylation is 1. The van der Waals surface area contributed by atoms with Gasteiger partial charge in [-0.2, -0.15) is 0 Å². The Morgan fingerprint density at radius 3 is 2.88 bits per heavy atom. The van der Waals surface area contributed by atoms with E-state index in [-0.39, 0.29) is 12.1 Å². The van der Waals surface area contributed by atoms with Gasteiger partial charge in [-0.05, 0) is 31.9 Å². The summed E-state index contributed by atoms with van der Waals surface area (Å²) in [4.78, 5) is 15.6. The highest BCUT2D eigenvalue weighted by Gasteiger charge is 2.05. The first kappa shape index (κ1) is 12.5. The number of pyridine rings is 1. The zero-order valence-electron chi connectivity index (χ0n) is 10.1. The van der Waals surface area contributed by atoms with E-state index < -0.39 is 0 Å². The third kappa shape index (κ3) is 3.88. The van der Waals surface area contributed by atoms with E-state index in [1.807, 2.05) is 26.0 Å². The average Bonchev–Trinajstić information content (AvgIpc) is 2.26. The van der Waals surface area contributed by atoms with Gasteiger partial charge in [0.05, 0.1) is 12.2 Å². The predicted octanol–water partition coefficient (Wildman–Crippen LogP) is 1.85. The Balaban J connectivity index is 2.51. The van der Waals surface area contributed by atoms with Gasteiger partial charge in [0.15, 0.2) is 0 Å². The van der Waals surface area contributed by atoms with Gasteiger partial charge in [0, 0.05) is 12.2 Å². The third-order valence-electron chi connectivity index (χ3n) is 2.20. The van der Waals surface area contributed by atoms with Crippen LogP contribution in [0.2, 0.25) is 0 Å². The van der Waals surface area contributed by atoms with Gasteiger partial charge in [-0.1, -0.05) is 13.0 Å². The first-order valence-electron chi connectivity index (χ1n) is 5.60. The lowest BCUT2D eigenvalue weighted by Gasteiger charge is -2.11. The molecule has 0 radical (unpaired) electrons. The minimum absolute atomic E-state index is 0.148. The van der Waals surface area contributed by atoms with Crippen molar-refractivity contribution in [3.8, 4) is 0 Å². The van der Waals surface area contributed by atoms with Crippen LogP contribution in [0.5, 0.6) is 0 Å². The highest BCUT2D eigenvalue weighted by Crippen LogP contribution is 2.05. The topological polar surface area (TPSA) is 54.0 Å². The molecule has 0 fully saturated rings. The number of rotatable bonds is 4. The zero-order chi connectivity index (χ0) is 12.0. The standard InChI is InChI=1S/C12H19N3O/c1-4-10-6-5-7-13-11(10)8-14-12(16)15-9(2)3/h5-7,9H,4,8H2,1-3H3,(H2,14,15,16). The molecule has 0 aliphatic rings. The molecular formula is C12H19N3O. The predicted molar refractivity (Wildman–Crippen MR) is 64.1 cm³/mol. The lowest BCUT2D eigenvalue weighted by molar-refractivity contribution is 0.238. The van der Waals surface area contributed by atoms with Crippen LogP contribution >= 0.6 is 0 Å². The summed E-state index contributed by atoms with van der Waals surface area (Å²) in [5.74, 6) is 0. The summed E-state index contributed by atoms with van der Waals surface area (Å²) in [5.41, 5.74) is 2.11. The normalized spacial score (nSPS) is 10.2. The molecule has 2 amide bonds. The average molecular weight is 221 g/mol. The SMILES string of the molecule is CCc1cccnc1CNC(=O)NC(C)C. The van der Waals surface area contributed by atoms with Crippen LogP contribution in [-0.2, 0) is 13.0 Å². The number of nitrogens with zero attached hydrogens (tertiary/aromatic N) is 1. The van der Waals surface area contributed by atoms with E-state index in [2.05, 4.69) is 22.5 Å². The monoisotopic (exact) mass is 221 g/mol. The summed E-state index contributed by atoms with van der Waals surface area (Å²) < 4.78 is 0. The highest BCUT2D eigenvalue weighted by molar-refractivity contribution is 5.74. The van der Waals surface area contributed by atoms with E-state index in [1.165, 1.54) is 5.56 Å². The van der Waals surface area contributed by atoms with E-state index in [9.17, 15) is 4.79 Å². The summed E-state index contributed by atoms with van der Waals surface area (Å²) in [5, 5.41) is 5.57. The Morgan fingerprint density at radius 1 is 1.50 bits per heavy atom. The maximum atomic E-state index is 11.4. The van der Waals surface area contributed by atoms with Gasteiger partial charge in [-0.15, -0.1) is 0 Å². The molecule has 1 aromatic rings. The third-order valence-corrected chi connectivity index (χ3v) is 2.20. The molecule has 0 unspecified atom stereocenters. The first-order chi connectivity index (χ1) is 7.63. The molecule has 1 heterocycles. The maximum absolute atomic E-state index is 11.4. The Bertz CT molecular complexity index is 350. The van der Waals surface area contributed by atoms with Gasteiger partial charge in [-0.3, -0.25) is 4.98 Å². The Labute approximate surface area is 96.5 Å². The van der Waals surface area contributed by atoms with Crippen molar-refractivity contribution in [2.24, 2.45) is 0 Å². The number of carbonyl (C=O) groups is 1. The largest absolute Gasteiger partial charge is 0.336 e. The molecule has 88 valence electrons. The van der Waals surface area contributed by atoms with E-state index >= 15 is 0 Å². The van der Waals surface area contributed by atoms with Crippen LogP contribution in [0.25, 0.3) is 0 Å². The lowest BCUT2D eigenvalue weighted by Crippen LogP contribution is -2.39. The van der Waals surface area contributed by atoms with Crippen molar-refractivity contribution in [3.05, 3.63) is 29.6 Å². The van der Waals surface area contributed by atoms with Crippen LogP contribution in [0.1, 0.15) is 32.0 Å². The quantitative estimate of drug-likeness (QED) is 0.815. The summed E-state index contributed by atoms with van der Waals surface area (Å²) in [6, 6.07) is 3.94. The molecule has 0 saturated carbocycles. The molecule has 4 heteroatoms. The number of hydrogen-bond donors (Lipinski definition) is 2. The molecule has 0 bridgehead atoms. The van der Waals surface area contributed by atoms with Crippen LogP contribution in [0.15, 0.2) is 18.3 Å². The fraction of sp³-hybridized carbons (Fsp3) is 0.500. The van der Waals surface area contributed by atoms with E-state index in [0.29, 0.717) is 6.54 Å². The molecule has 4 nitrogen and oxygen atoms in total. The van der Waals surface area contributed by atoms with Crippen LogP contribution in [-0.4, -0.2) is 17.1 Å². The van der Waals surface area contributed by atoms with Crippen molar-refractivity contribution < 1.29 is 4.79 Å². The molecule has 0 aromatic carbocycles. The smallest absolute Gasteiger partial charge is 0.315 e. The minimum atomic E-state index is -0.150. The zero-order valence-corrected chi connectivity index (χ0v) is 10.1. The van der Waals surface area contributed by atoms with Crippen LogP contribution in [0.4, 0.5) is 4.79 Å². The molecular weight excluding hydrogens is 202 g/mol.